The number of carbonyl (C=O) groups excluding carboxylic acids is 1. The van der Waals surface area contributed by atoms with Crippen LogP contribution in [0, 0.1) is 6.92 Å². The highest BCUT2D eigenvalue weighted by atomic mass is 32.1. The lowest BCUT2D eigenvalue weighted by Gasteiger charge is -2.11. The zero-order valence-electron chi connectivity index (χ0n) is 11.7. The third-order valence-electron chi connectivity index (χ3n) is 3.49. The van der Waals surface area contributed by atoms with Gasteiger partial charge in [0.25, 0.3) is 0 Å². The van der Waals surface area contributed by atoms with Crippen LogP contribution in [0.1, 0.15) is 11.4 Å². The molecule has 1 aliphatic rings. The summed E-state index contributed by atoms with van der Waals surface area (Å²) in [5, 5.41) is 18.3. The molecule has 3 rings (SSSR count). The Morgan fingerprint density at radius 1 is 1.43 bits per heavy atom. The highest BCUT2D eigenvalue weighted by molar-refractivity contribution is 7.09. The lowest BCUT2D eigenvalue weighted by molar-refractivity contribution is -0.117. The van der Waals surface area contributed by atoms with Crippen LogP contribution in [0.4, 0.5) is 5.69 Å². The Hall–Kier alpha value is -1.76. The Bertz CT molecular complexity index is 639. The van der Waals surface area contributed by atoms with E-state index in [9.17, 15) is 9.90 Å². The van der Waals surface area contributed by atoms with Gasteiger partial charge in [-0.05, 0) is 25.5 Å². The summed E-state index contributed by atoms with van der Waals surface area (Å²) in [5.41, 5.74) is 2.74. The van der Waals surface area contributed by atoms with E-state index in [1.165, 1.54) is 0 Å². The SMILES string of the molecule is Cc1nc(-c2ccc(NC(=O)C3CC(O)CN3)cc2)cs1. The molecule has 2 heterocycles. The molecule has 0 bridgehead atoms. The van der Waals surface area contributed by atoms with E-state index in [4.69, 9.17) is 0 Å². The van der Waals surface area contributed by atoms with Crippen molar-refractivity contribution in [3.8, 4) is 11.3 Å². The number of amides is 1. The Kier molecular flexibility index (Phi) is 4.01. The fourth-order valence-corrected chi connectivity index (χ4v) is 2.99. The Morgan fingerprint density at radius 2 is 2.19 bits per heavy atom. The smallest absolute Gasteiger partial charge is 0.241 e. The summed E-state index contributed by atoms with van der Waals surface area (Å²) in [5.74, 6) is -0.108. The van der Waals surface area contributed by atoms with Gasteiger partial charge < -0.3 is 15.7 Å². The van der Waals surface area contributed by atoms with Crippen molar-refractivity contribution in [1.82, 2.24) is 10.3 Å². The number of β-amino-alcohol motifs (C(OH)–C–C–N with tert-alkyl or cyclic N) is 1. The third-order valence-corrected chi connectivity index (χ3v) is 4.26. The first-order valence-corrected chi connectivity index (χ1v) is 7.74. The molecule has 1 amide bonds. The van der Waals surface area contributed by atoms with E-state index in [1.807, 2.05) is 36.6 Å². The summed E-state index contributed by atoms with van der Waals surface area (Å²) in [6, 6.07) is 7.31. The molecule has 110 valence electrons. The molecule has 1 fully saturated rings. The molecule has 0 aliphatic carbocycles. The molecule has 0 radical (unpaired) electrons. The Labute approximate surface area is 127 Å². The van der Waals surface area contributed by atoms with Gasteiger partial charge in [0.15, 0.2) is 0 Å². The van der Waals surface area contributed by atoms with E-state index >= 15 is 0 Å². The van der Waals surface area contributed by atoms with Crippen LogP contribution >= 0.6 is 11.3 Å². The molecule has 21 heavy (non-hydrogen) atoms. The van der Waals surface area contributed by atoms with E-state index in [2.05, 4.69) is 15.6 Å². The van der Waals surface area contributed by atoms with Gasteiger partial charge in [0, 0.05) is 23.2 Å². The van der Waals surface area contributed by atoms with Crippen LogP contribution in [-0.4, -0.2) is 34.7 Å². The molecule has 2 atom stereocenters. The summed E-state index contributed by atoms with van der Waals surface area (Å²) < 4.78 is 0. The van der Waals surface area contributed by atoms with Gasteiger partial charge in [-0.3, -0.25) is 4.79 Å². The van der Waals surface area contributed by atoms with E-state index in [-0.39, 0.29) is 11.9 Å². The number of hydrogen-bond donors (Lipinski definition) is 3. The number of thiazole rings is 1. The normalized spacial score (nSPS) is 21.4. The van der Waals surface area contributed by atoms with Crippen molar-refractivity contribution < 1.29 is 9.90 Å². The minimum absolute atomic E-state index is 0.108. The number of aliphatic hydroxyl groups is 1. The molecule has 2 unspecified atom stereocenters. The number of carbonyl (C=O) groups is 1. The van der Waals surface area contributed by atoms with E-state index in [0.717, 1.165) is 22.0 Å². The van der Waals surface area contributed by atoms with Gasteiger partial charge in [-0.2, -0.15) is 0 Å². The molecular formula is C15H17N3O2S. The number of aryl methyl sites for hydroxylation is 1. The molecule has 1 aromatic carbocycles. The molecule has 0 saturated carbocycles. The van der Waals surface area contributed by atoms with Crippen LogP contribution in [-0.2, 0) is 4.79 Å². The van der Waals surface area contributed by atoms with Gasteiger partial charge in [0.1, 0.15) is 0 Å². The average Bonchev–Trinajstić information content (AvgIpc) is 3.08. The Morgan fingerprint density at radius 3 is 2.76 bits per heavy atom. The number of aromatic nitrogens is 1. The first-order chi connectivity index (χ1) is 10.1. The summed E-state index contributed by atoms with van der Waals surface area (Å²) in [4.78, 5) is 16.5. The van der Waals surface area contributed by atoms with E-state index < -0.39 is 6.10 Å². The van der Waals surface area contributed by atoms with E-state index in [0.29, 0.717) is 13.0 Å². The number of nitrogens with zero attached hydrogens (tertiary/aromatic N) is 1. The third kappa shape index (κ3) is 3.29. The standard InChI is InChI=1S/C15H17N3O2S/c1-9-17-14(8-21-9)10-2-4-11(5-3-10)18-15(20)13-6-12(19)7-16-13/h2-5,8,12-13,16,19H,6-7H2,1H3,(H,18,20). The topological polar surface area (TPSA) is 74.2 Å². The molecule has 6 heteroatoms. The maximum Gasteiger partial charge on any atom is 0.241 e. The molecule has 1 aromatic heterocycles. The van der Waals surface area contributed by atoms with Gasteiger partial charge in [-0.15, -0.1) is 11.3 Å². The predicted molar refractivity (Wildman–Crippen MR) is 83.3 cm³/mol. The molecule has 0 spiro atoms. The highest BCUT2D eigenvalue weighted by Crippen LogP contribution is 2.23. The second-order valence-electron chi connectivity index (χ2n) is 5.17. The largest absolute Gasteiger partial charge is 0.392 e. The second kappa shape index (κ2) is 5.93. The van der Waals surface area contributed by atoms with Crippen LogP contribution in [0.5, 0.6) is 0 Å². The number of benzene rings is 1. The second-order valence-corrected chi connectivity index (χ2v) is 6.23. The van der Waals surface area contributed by atoms with E-state index in [1.54, 1.807) is 11.3 Å². The fraction of sp³-hybridized carbons (Fsp3) is 0.333. The molecular weight excluding hydrogens is 286 g/mol. The van der Waals surface area contributed by atoms with Gasteiger partial charge in [-0.25, -0.2) is 4.98 Å². The molecule has 2 aromatic rings. The maximum atomic E-state index is 12.0. The molecule has 1 aliphatic heterocycles. The van der Waals surface area contributed by atoms with Crippen LogP contribution in [0.15, 0.2) is 29.6 Å². The van der Waals surface area contributed by atoms with Gasteiger partial charge in [0.05, 0.1) is 22.8 Å². The maximum absolute atomic E-state index is 12.0. The van der Waals surface area contributed by atoms with Crippen molar-refractivity contribution in [2.75, 3.05) is 11.9 Å². The van der Waals surface area contributed by atoms with Crippen LogP contribution in [0.3, 0.4) is 0 Å². The van der Waals surface area contributed by atoms with Crippen LogP contribution in [0.2, 0.25) is 0 Å². The first kappa shape index (κ1) is 14.2. The first-order valence-electron chi connectivity index (χ1n) is 6.87. The number of hydrogen-bond acceptors (Lipinski definition) is 5. The van der Waals surface area contributed by atoms with Gasteiger partial charge in [0.2, 0.25) is 5.91 Å². The van der Waals surface area contributed by atoms with Crippen LogP contribution < -0.4 is 10.6 Å². The van der Waals surface area contributed by atoms with Crippen molar-refractivity contribution >= 4 is 22.9 Å². The minimum Gasteiger partial charge on any atom is -0.392 e. The van der Waals surface area contributed by atoms with Gasteiger partial charge >= 0.3 is 0 Å². The zero-order chi connectivity index (χ0) is 14.8. The molecule has 5 nitrogen and oxygen atoms in total. The zero-order valence-corrected chi connectivity index (χ0v) is 12.5. The number of rotatable bonds is 3. The number of anilines is 1. The predicted octanol–water partition coefficient (Wildman–Crippen LogP) is 1.78. The summed E-state index contributed by atoms with van der Waals surface area (Å²) >= 11 is 1.62. The summed E-state index contributed by atoms with van der Waals surface area (Å²) in [6.45, 7) is 2.45. The summed E-state index contributed by atoms with van der Waals surface area (Å²) in [6.07, 6.45) is 0.0261. The lowest BCUT2D eigenvalue weighted by Crippen LogP contribution is -2.35. The lowest BCUT2D eigenvalue weighted by atomic mass is 10.1. The summed E-state index contributed by atoms with van der Waals surface area (Å²) in [7, 11) is 0. The van der Waals surface area contributed by atoms with Crippen molar-refractivity contribution in [3.05, 3.63) is 34.7 Å². The monoisotopic (exact) mass is 303 g/mol. The molecule has 1 saturated heterocycles. The number of aliphatic hydroxyl groups excluding tert-OH is 1. The van der Waals surface area contributed by atoms with Crippen molar-refractivity contribution in [2.24, 2.45) is 0 Å². The highest BCUT2D eigenvalue weighted by Gasteiger charge is 2.27. The number of nitrogens with one attached hydrogen (secondary N) is 2. The van der Waals surface area contributed by atoms with Gasteiger partial charge in [-0.1, -0.05) is 12.1 Å². The van der Waals surface area contributed by atoms with Crippen molar-refractivity contribution in [3.63, 3.8) is 0 Å². The molecule has 3 N–H and O–H groups in total. The average molecular weight is 303 g/mol. The Balaban J connectivity index is 1.66. The van der Waals surface area contributed by atoms with Crippen molar-refractivity contribution in [2.45, 2.75) is 25.5 Å². The van der Waals surface area contributed by atoms with Crippen molar-refractivity contribution in [1.29, 1.82) is 0 Å². The fourth-order valence-electron chi connectivity index (χ4n) is 2.37. The quantitative estimate of drug-likeness (QED) is 0.808. The van der Waals surface area contributed by atoms with Crippen LogP contribution in [0.25, 0.3) is 11.3 Å². The minimum atomic E-state index is -0.434.